The van der Waals surface area contributed by atoms with Crippen molar-refractivity contribution in [1.82, 2.24) is 0 Å². The molecule has 4 heteroatoms. The highest BCUT2D eigenvalue weighted by Crippen LogP contribution is 2.39. The summed E-state index contributed by atoms with van der Waals surface area (Å²) >= 11 is 7.41. The fourth-order valence-electron chi connectivity index (χ4n) is 1.62. The normalized spacial score (nSPS) is 32.3. The highest BCUT2D eigenvalue weighted by Gasteiger charge is 2.42. The van der Waals surface area contributed by atoms with Crippen molar-refractivity contribution in [2.45, 2.75) is 25.2 Å². The van der Waals surface area contributed by atoms with Crippen molar-refractivity contribution in [1.29, 1.82) is 0 Å². The van der Waals surface area contributed by atoms with Crippen LogP contribution in [-0.4, -0.2) is 18.6 Å². The molecular weight excluding hydrogens is 220 g/mol. The third-order valence-corrected chi connectivity index (χ3v) is 3.73. The number of alkyl halides is 1. The van der Waals surface area contributed by atoms with Crippen molar-refractivity contribution in [3.63, 3.8) is 0 Å². The van der Waals surface area contributed by atoms with E-state index >= 15 is 0 Å². The third kappa shape index (κ3) is 1.70. The molecule has 1 aliphatic rings. The summed E-state index contributed by atoms with van der Waals surface area (Å²) in [7, 11) is 0. The third-order valence-electron chi connectivity index (χ3n) is 2.39. The van der Waals surface area contributed by atoms with E-state index in [1.54, 1.807) is 11.3 Å². The second-order valence-electron chi connectivity index (χ2n) is 3.29. The van der Waals surface area contributed by atoms with Crippen LogP contribution in [-0.2, 0) is 15.3 Å². The van der Waals surface area contributed by atoms with Crippen LogP contribution in [0, 0.1) is 0 Å². The van der Waals surface area contributed by atoms with Gasteiger partial charge in [-0.3, -0.25) is 0 Å². The van der Waals surface area contributed by atoms with Gasteiger partial charge in [0.25, 0.3) is 0 Å². The molecule has 14 heavy (non-hydrogen) atoms. The molecule has 0 saturated carbocycles. The predicted molar refractivity (Wildman–Crippen MR) is 57.8 cm³/mol. The van der Waals surface area contributed by atoms with Crippen molar-refractivity contribution >= 4 is 22.9 Å². The lowest BCUT2D eigenvalue weighted by molar-refractivity contribution is -0.174. The number of thiophene rings is 1. The van der Waals surface area contributed by atoms with E-state index in [1.807, 2.05) is 17.5 Å². The van der Waals surface area contributed by atoms with Crippen LogP contribution in [0.25, 0.3) is 0 Å². The average Bonchev–Trinajstić information content (AvgIpc) is 2.87. The Labute approximate surface area is 92.8 Å². The van der Waals surface area contributed by atoms with Gasteiger partial charge in [-0.15, -0.1) is 22.9 Å². The zero-order valence-electron chi connectivity index (χ0n) is 8.03. The van der Waals surface area contributed by atoms with E-state index in [2.05, 4.69) is 6.92 Å². The van der Waals surface area contributed by atoms with E-state index in [0.29, 0.717) is 12.5 Å². The topological polar surface area (TPSA) is 18.5 Å². The first-order valence-corrected chi connectivity index (χ1v) is 6.14. The standard InChI is InChI=1S/C10H13ClO2S/c1-2-10(9-4-3-5-14-9)12-7-8(6-11)13-10/h3-5,8H,2,6-7H2,1H3. The summed E-state index contributed by atoms with van der Waals surface area (Å²) in [5.74, 6) is -0.0408. The maximum Gasteiger partial charge on any atom is 0.204 e. The van der Waals surface area contributed by atoms with Gasteiger partial charge in [0, 0.05) is 6.42 Å². The van der Waals surface area contributed by atoms with Crippen molar-refractivity contribution < 1.29 is 9.47 Å². The Morgan fingerprint density at radius 3 is 3.07 bits per heavy atom. The summed E-state index contributed by atoms with van der Waals surface area (Å²) in [6.45, 7) is 2.66. The molecular formula is C10H13ClO2S. The molecule has 0 spiro atoms. The smallest absolute Gasteiger partial charge is 0.204 e. The molecule has 78 valence electrons. The number of hydrogen-bond acceptors (Lipinski definition) is 3. The zero-order valence-corrected chi connectivity index (χ0v) is 9.61. The fourth-order valence-corrected chi connectivity index (χ4v) is 2.67. The lowest BCUT2D eigenvalue weighted by atomic mass is 10.2. The Kier molecular flexibility index (Phi) is 3.12. The van der Waals surface area contributed by atoms with Gasteiger partial charge in [0.2, 0.25) is 5.79 Å². The van der Waals surface area contributed by atoms with Gasteiger partial charge in [-0.25, -0.2) is 0 Å². The van der Waals surface area contributed by atoms with Crippen LogP contribution >= 0.6 is 22.9 Å². The number of halogens is 1. The SMILES string of the molecule is CCC1(c2cccs2)OCC(CCl)O1. The van der Waals surface area contributed by atoms with E-state index in [0.717, 1.165) is 11.3 Å². The second kappa shape index (κ2) is 4.19. The highest BCUT2D eigenvalue weighted by atomic mass is 35.5. The molecule has 2 nitrogen and oxygen atoms in total. The largest absolute Gasteiger partial charge is 0.342 e. The lowest BCUT2D eigenvalue weighted by Crippen LogP contribution is -2.26. The summed E-state index contributed by atoms with van der Waals surface area (Å²) in [5.41, 5.74) is 0. The van der Waals surface area contributed by atoms with Gasteiger partial charge in [0.15, 0.2) is 0 Å². The first-order valence-electron chi connectivity index (χ1n) is 4.72. The van der Waals surface area contributed by atoms with Gasteiger partial charge in [-0.1, -0.05) is 13.0 Å². The summed E-state index contributed by atoms with van der Waals surface area (Å²) in [5, 5.41) is 2.04. The molecule has 0 aromatic carbocycles. The van der Waals surface area contributed by atoms with Crippen molar-refractivity contribution in [2.75, 3.05) is 12.5 Å². The molecule has 0 aliphatic carbocycles. The Balaban J connectivity index is 2.20. The van der Waals surface area contributed by atoms with Gasteiger partial charge in [0.05, 0.1) is 23.5 Å². The Morgan fingerprint density at radius 1 is 1.71 bits per heavy atom. The van der Waals surface area contributed by atoms with Gasteiger partial charge < -0.3 is 9.47 Å². The summed E-state index contributed by atoms with van der Waals surface area (Å²) in [6.07, 6.45) is 0.847. The van der Waals surface area contributed by atoms with Crippen molar-refractivity contribution in [2.24, 2.45) is 0 Å². The minimum Gasteiger partial charge on any atom is -0.342 e. The molecule has 0 bridgehead atoms. The monoisotopic (exact) mass is 232 g/mol. The van der Waals surface area contributed by atoms with Crippen molar-refractivity contribution in [3.05, 3.63) is 22.4 Å². The summed E-state index contributed by atoms with van der Waals surface area (Å²) in [4.78, 5) is 1.13. The highest BCUT2D eigenvalue weighted by molar-refractivity contribution is 7.10. The molecule has 1 aromatic heterocycles. The van der Waals surface area contributed by atoms with E-state index in [-0.39, 0.29) is 6.10 Å². The van der Waals surface area contributed by atoms with Gasteiger partial charge in [0.1, 0.15) is 0 Å². The van der Waals surface area contributed by atoms with E-state index in [9.17, 15) is 0 Å². The van der Waals surface area contributed by atoms with Crippen LogP contribution in [0.3, 0.4) is 0 Å². The minimum atomic E-state index is -0.534. The first-order chi connectivity index (χ1) is 6.80. The molecule has 0 radical (unpaired) electrons. The van der Waals surface area contributed by atoms with E-state index in [4.69, 9.17) is 21.1 Å². The molecule has 2 rings (SSSR count). The van der Waals surface area contributed by atoms with Gasteiger partial charge >= 0.3 is 0 Å². The van der Waals surface area contributed by atoms with Gasteiger partial charge in [-0.05, 0) is 11.4 Å². The first kappa shape index (κ1) is 10.4. The number of rotatable bonds is 3. The quantitative estimate of drug-likeness (QED) is 0.746. The molecule has 2 unspecified atom stereocenters. The second-order valence-corrected chi connectivity index (χ2v) is 4.55. The van der Waals surface area contributed by atoms with Crippen LogP contribution in [0.15, 0.2) is 17.5 Å². The van der Waals surface area contributed by atoms with Crippen LogP contribution in [0.4, 0.5) is 0 Å². The molecule has 2 heterocycles. The lowest BCUT2D eigenvalue weighted by Gasteiger charge is -2.25. The Morgan fingerprint density at radius 2 is 2.57 bits per heavy atom. The molecule has 0 amide bonds. The number of hydrogen-bond donors (Lipinski definition) is 0. The average molecular weight is 233 g/mol. The van der Waals surface area contributed by atoms with Crippen LogP contribution in [0.2, 0.25) is 0 Å². The Hall–Kier alpha value is -0.0900. The van der Waals surface area contributed by atoms with Crippen LogP contribution < -0.4 is 0 Å². The van der Waals surface area contributed by atoms with Gasteiger partial charge in [-0.2, -0.15) is 0 Å². The molecule has 2 atom stereocenters. The molecule has 1 aliphatic heterocycles. The van der Waals surface area contributed by atoms with Crippen molar-refractivity contribution in [3.8, 4) is 0 Å². The van der Waals surface area contributed by atoms with E-state index in [1.165, 1.54) is 0 Å². The Bertz CT molecular complexity index is 288. The summed E-state index contributed by atoms with van der Waals surface area (Å²) in [6, 6.07) is 4.06. The maximum atomic E-state index is 5.85. The fraction of sp³-hybridized carbons (Fsp3) is 0.600. The van der Waals surface area contributed by atoms with Crippen LogP contribution in [0.1, 0.15) is 18.2 Å². The molecule has 0 N–H and O–H groups in total. The number of ether oxygens (including phenoxy) is 2. The molecule has 1 aromatic rings. The zero-order chi connectivity index (χ0) is 10.0. The summed E-state index contributed by atoms with van der Waals surface area (Å²) < 4.78 is 11.6. The molecule has 1 saturated heterocycles. The maximum absolute atomic E-state index is 5.85. The predicted octanol–water partition coefficient (Wildman–Crippen LogP) is 2.97. The van der Waals surface area contributed by atoms with E-state index < -0.39 is 5.79 Å². The van der Waals surface area contributed by atoms with Crippen LogP contribution in [0.5, 0.6) is 0 Å². The minimum absolute atomic E-state index is 0.0266. The molecule has 1 fully saturated rings.